The van der Waals surface area contributed by atoms with Crippen molar-refractivity contribution >= 4 is 5.82 Å². The highest BCUT2D eigenvalue weighted by atomic mass is 19.1. The number of halogens is 1. The molecule has 3 heterocycles. The molecule has 4 heteroatoms. The van der Waals surface area contributed by atoms with Crippen LogP contribution in [-0.2, 0) is 12.8 Å². The first-order valence-electron chi connectivity index (χ1n) is 8.82. The number of unbranched alkanes of at least 4 members (excludes halogenated alkanes) is 1. The van der Waals surface area contributed by atoms with Crippen LogP contribution >= 0.6 is 0 Å². The van der Waals surface area contributed by atoms with Crippen molar-refractivity contribution in [1.29, 1.82) is 0 Å². The van der Waals surface area contributed by atoms with Gasteiger partial charge in [-0.1, -0.05) is 12.5 Å². The summed E-state index contributed by atoms with van der Waals surface area (Å²) in [6.07, 6.45) is 6.32. The van der Waals surface area contributed by atoms with Gasteiger partial charge in [0.05, 0.1) is 0 Å². The molecule has 0 aromatic carbocycles. The Morgan fingerprint density at radius 1 is 1.32 bits per heavy atom. The Balaban J connectivity index is 1.43. The summed E-state index contributed by atoms with van der Waals surface area (Å²) in [5.41, 5.74) is 2.47. The van der Waals surface area contributed by atoms with E-state index in [1.807, 2.05) is 0 Å². The van der Waals surface area contributed by atoms with Crippen molar-refractivity contribution in [1.82, 2.24) is 10.3 Å². The van der Waals surface area contributed by atoms with E-state index in [-0.39, 0.29) is 5.92 Å². The Labute approximate surface area is 133 Å². The van der Waals surface area contributed by atoms with E-state index in [2.05, 4.69) is 29.7 Å². The third-order valence-corrected chi connectivity index (χ3v) is 5.04. The topological polar surface area (TPSA) is 37.0 Å². The number of aryl methyl sites for hydroxylation is 2. The third kappa shape index (κ3) is 3.97. The molecular weight excluding hydrogens is 277 g/mol. The first kappa shape index (κ1) is 15.7. The Hall–Kier alpha value is -1.16. The molecule has 0 amide bonds. The molecule has 122 valence electrons. The highest BCUT2D eigenvalue weighted by Crippen LogP contribution is 2.24. The van der Waals surface area contributed by atoms with E-state index in [0.29, 0.717) is 12.5 Å². The van der Waals surface area contributed by atoms with Gasteiger partial charge in [-0.05, 0) is 63.6 Å². The highest BCUT2D eigenvalue weighted by molar-refractivity contribution is 5.48. The maximum Gasteiger partial charge on any atom is 0.129 e. The standard InChI is InChI=1S/C18H28FN3/c1-13-6-7-14-8-9-16(22-18(14)21-13)4-2-3-5-17(19)15-10-11-20-12-15/h8-9,13,15,17,20H,2-7,10-12H2,1H3,(H,21,22). The molecule has 0 bridgehead atoms. The summed E-state index contributed by atoms with van der Waals surface area (Å²) in [4.78, 5) is 4.74. The predicted octanol–water partition coefficient (Wildman–Crippen LogP) is 3.49. The number of pyridine rings is 1. The summed E-state index contributed by atoms with van der Waals surface area (Å²) in [6, 6.07) is 4.87. The summed E-state index contributed by atoms with van der Waals surface area (Å²) < 4.78 is 14.0. The molecule has 2 N–H and O–H groups in total. The smallest absolute Gasteiger partial charge is 0.129 e. The number of anilines is 1. The molecule has 2 aliphatic heterocycles. The largest absolute Gasteiger partial charge is 0.367 e. The zero-order valence-corrected chi connectivity index (χ0v) is 13.6. The summed E-state index contributed by atoms with van der Waals surface area (Å²) >= 11 is 0. The van der Waals surface area contributed by atoms with E-state index in [9.17, 15) is 4.39 Å². The van der Waals surface area contributed by atoms with Crippen LogP contribution in [0.2, 0.25) is 0 Å². The zero-order valence-electron chi connectivity index (χ0n) is 13.6. The van der Waals surface area contributed by atoms with Gasteiger partial charge in [0.15, 0.2) is 0 Å². The number of hydrogen-bond donors (Lipinski definition) is 2. The number of aromatic nitrogens is 1. The normalized spacial score (nSPS) is 25.5. The monoisotopic (exact) mass is 305 g/mol. The van der Waals surface area contributed by atoms with Gasteiger partial charge in [-0.2, -0.15) is 0 Å². The fraction of sp³-hybridized carbons (Fsp3) is 0.722. The number of nitrogens with one attached hydrogen (secondary N) is 2. The van der Waals surface area contributed by atoms with Gasteiger partial charge >= 0.3 is 0 Å². The SMILES string of the molecule is CC1CCc2ccc(CCCCC(F)C3CCNC3)nc2N1. The van der Waals surface area contributed by atoms with E-state index in [4.69, 9.17) is 4.98 Å². The number of rotatable bonds is 6. The van der Waals surface area contributed by atoms with Crippen LogP contribution in [0.25, 0.3) is 0 Å². The summed E-state index contributed by atoms with van der Waals surface area (Å²) in [7, 11) is 0. The summed E-state index contributed by atoms with van der Waals surface area (Å²) in [5, 5.41) is 6.71. The van der Waals surface area contributed by atoms with Crippen molar-refractivity contribution in [3.05, 3.63) is 23.4 Å². The van der Waals surface area contributed by atoms with Crippen LogP contribution < -0.4 is 10.6 Å². The van der Waals surface area contributed by atoms with Gasteiger partial charge in [0.1, 0.15) is 12.0 Å². The van der Waals surface area contributed by atoms with Crippen LogP contribution in [0.5, 0.6) is 0 Å². The lowest BCUT2D eigenvalue weighted by molar-refractivity contribution is 0.221. The minimum Gasteiger partial charge on any atom is -0.367 e. The maximum absolute atomic E-state index is 14.0. The molecule has 1 aromatic rings. The fourth-order valence-electron chi connectivity index (χ4n) is 3.54. The predicted molar refractivity (Wildman–Crippen MR) is 89.1 cm³/mol. The van der Waals surface area contributed by atoms with Crippen LogP contribution in [0.4, 0.5) is 10.2 Å². The van der Waals surface area contributed by atoms with Gasteiger partial charge in [0.25, 0.3) is 0 Å². The van der Waals surface area contributed by atoms with Gasteiger partial charge in [0.2, 0.25) is 0 Å². The van der Waals surface area contributed by atoms with Crippen molar-refractivity contribution in [2.45, 2.75) is 64.1 Å². The zero-order chi connectivity index (χ0) is 15.4. The van der Waals surface area contributed by atoms with Crippen molar-refractivity contribution in [3.8, 4) is 0 Å². The van der Waals surface area contributed by atoms with Crippen molar-refractivity contribution in [2.75, 3.05) is 18.4 Å². The molecule has 0 saturated carbocycles. The molecule has 2 aliphatic rings. The Morgan fingerprint density at radius 3 is 3.05 bits per heavy atom. The van der Waals surface area contributed by atoms with Gasteiger partial charge in [-0.15, -0.1) is 0 Å². The van der Waals surface area contributed by atoms with E-state index in [0.717, 1.165) is 56.7 Å². The number of hydrogen-bond acceptors (Lipinski definition) is 3. The number of alkyl halides is 1. The molecule has 3 atom stereocenters. The first-order chi connectivity index (χ1) is 10.7. The van der Waals surface area contributed by atoms with Gasteiger partial charge < -0.3 is 10.6 Å². The highest BCUT2D eigenvalue weighted by Gasteiger charge is 2.23. The van der Waals surface area contributed by atoms with Gasteiger partial charge in [-0.3, -0.25) is 0 Å². The molecule has 3 unspecified atom stereocenters. The molecule has 3 rings (SSSR count). The molecule has 1 saturated heterocycles. The van der Waals surface area contributed by atoms with Crippen molar-refractivity contribution in [3.63, 3.8) is 0 Å². The van der Waals surface area contributed by atoms with Gasteiger partial charge in [-0.25, -0.2) is 9.37 Å². The molecule has 0 spiro atoms. The molecule has 3 nitrogen and oxygen atoms in total. The van der Waals surface area contributed by atoms with Crippen LogP contribution in [0, 0.1) is 5.92 Å². The van der Waals surface area contributed by atoms with E-state index < -0.39 is 6.17 Å². The molecule has 22 heavy (non-hydrogen) atoms. The number of fused-ring (bicyclic) bond motifs is 1. The Bertz CT molecular complexity index is 485. The first-order valence-corrected chi connectivity index (χ1v) is 8.82. The van der Waals surface area contributed by atoms with Gasteiger partial charge in [0, 0.05) is 24.2 Å². The lowest BCUT2D eigenvalue weighted by Gasteiger charge is -2.23. The van der Waals surface area contributed by atoms with E-state index in [1.54, 1.807) is 0 Å². The second kappa shape index (κ2) is 7.40. The number of nitrogens with zero attached hydrogens (tertiary/aromatic N) is 1. The lowest BCUT2D eigenvalue weighted by Crippen LogP contribution is -2.23. The second-order valence-electron chi connectivity index (χ2n) is 6.91. The minimum absolute atomic E-state index is 0.243. The Kier molecular flexibility index (Phi) is 5.29. The molecular formula is C18H28FN3. The van der Waals surface area contributed by atoms with Crippen molar-refractivity contribution < 1.29 is 4.39 Å². The van der Waals surface area contributed by atoms with Crippen LogP contribution in [0.3, 0.4) is 0 Å². The summed E-state index contributed by atoms with van der Waals surface area (Å²) in [5.74, 6) is 1.31. The average molecular weight is 305 g/mol. The summed E-state index contributed by atoms with van der Waals surface area (Å²) in [6.45, 7) is 4.05. The molecule has 0 aliphatic carbocycles. The molecule has 1 aromatic heterocycles. The fourth-order valence-corrected chi connectivity index (χ4v) is 3.54. The minimum atomic E-state index is -0.631. The third-order valence-electron chi connectivity index (χ3n) is 5.04. The van der Waals surface area contributed by atoms with E-state index in [1.165, 1.54) is 12.0 Å². The maximum atomic E-state index is 14.0. The van der Waals surface area contributed by atoms with Crippen molar-refractivity contribution in [2.24, 2.45) is 5.92 Å². The Morgan fingerprint density at radius 2 is 2.23 bits per heavy atom. The van der Waals surface area contributed by atoms with Crippen LogP contribution in [0.1, 0.15) is 50.3 Å². The second-order valence-corrected chi connectivity index (χ2v) is 6.91. The quantitative estimate of drug-likeness (QED) is 0.790. The lowest BCUT2D eigenvalue weighted by atomic mass is 9.97. The average Bonchev–Trinajstić information content (AvgIpc) is 3.05. The van der Waals surface area contributed by atoms with Crippen LogP contribution in [-0.4, -0.2) is 30.3 Å². The van der Waals surface area contributed by atoms with E-state index >= 15 is 0 Å². The van der Waals surface area contributed by atoms with Crippen LogP contribution in [0.15, 0.2) is 12.1 Å². The molecule has 0 radical (unpaired) electrons. The molecule has 1 fully saturated rings.